The molecule has 3 nitrogen and oxygen atoms in total. The van der Waals surface area contributed by atoms with Crippen molar-refractivity contribution in [1.29, 1.82) is 0 Å². The van der Waals surface area contributed by atoms with E-state index in [1.807, 2.05) is 17.8 Å². The zero-order valence-corrected chi connectivity index (χ0v) is 13.3. The number of halogens is 1. The van der Waals surface area contributed by atoms with Crippen LogP contribution >= 0.6 is 34.3 Å². The van der Waals surface area contributed by atoms with E-state index in [0.717, 1.165) is 48.9 Å². The first-order valence-corrected chi connectivity index (χ1v) is 8.55. The minimum Gasteiger partial charge on any atom is -0.381 e. The van der Waals surface area contributed by atoms with Gasteiger partial charge < -0.3 is 4.74 Å². The highest BCUT2D eigenvalue weighted by molar-refractivity contribution is 7.10. The molecule has 0 N–H and O–H groups in total. The maximum atomic E-state index is 5.72. The number of alkyl halides is 1. The first-order valence-electron chi connectivity index (χ1n) is 6.25. The van der Waals surface area contributed by atoms with Crippen LogP contribution in [0.5, 0.6) is 0 Å². The van der Waals surface area contributed by atoms with Gasteiger partial charge in [0.05, 0.1) is 34.4 Å². The van der Waals surface area contributed by atoms with Gasteiger partial charge in [0.15, 0.2) is 0 Å². The van der Waals surface area contributed by atoms with E-state index in [1.165, 1.54) is 4.88 Å². The molecule has 0 aromatic carbocycles. The molecule has 0 radical (unpaired) electrons. The summed E-state index contributed by atoms with van der Waals surface area (Å²) in [7, 11) is 0. The van der Waals surface area contributed by atoms with Gasteiger partial charge in [-0.25, -0.2) is 9.97 Å². The summed E-state index contributed by atoms with van der Waals surface area (Å²) in [6, 6.07) is 0. The zero-order chi connectivity index (χ0) is 13.5. The molecule has 0 amide bonds. The summed E-state index contributed by atoms with van der Waals surface area (Å²) in [6.45, 7) is 3.60. The second-order valence-electron chi connectivity index (χ2n) is 4.19. The van der Waals surface area contributed by atoms with Gasteiger partial charge in [-0.1, -0.05) is 0 Å². The number of ether oxygens (including phenoxy) is 1. The first-order chi connectivity index (χ1) is 9.29. The summed E-state index contributed by atoms with van der Waals surface area (Å²) >= 11 is 9.10. The first kappa shape index (κ1) is 14.9. The van der Waals surface area contributed by atoms with Gasteiger partial charge in [0, 0.05) is 29.7 Å². The summed E-state index contributed by atoms with van der Waals surface area (Å²) in [5.41, 5.74) is 4.00. The minimum absolute atomic E-state index is 0.501. The highest BCUT2D eigenvalue weighted by atomic mass is 35.5. The smallest absolute Gasteiger partial charge is 0.0929 e. The quantitative estimate of drug-likeness (QED) is 0.548. The fraction of sp³-hybridized carbons (Fsp3) is 0.538. The van der Waals surface area contributed by atoms with Crippen molar-refractivity contribution in [3.05, 3.63) is 32.2 Å². The summed E-state index contributed by atoms with van der Waals surface area (Å²) in [6.07, 6.45) is 2.95. The Hall–Kier alpha value is -0.490. The third-order valence-electron chi connectivity index (χ3n) is 2.73. The monoisotopic (exact) mass is 316 g/mol. The average molecular weight is 317 g/mol. The molecule has 0 aliphatic carbocycles. The molecule has 0 bridgehead atoms. The highest BCUT2D eigenvalue weighted by Gasteiger charge is 2.02. The zero-order valence-electron chi connectivity index (χ0n) is 10.9. The van der Waals surface area contributed by atoms with E-state index in [0.29, 0.717) is 5.88 Å². The van der Waals surface area contributed by atoms with Crippen molar-refractivity contribution in [3.63, 3.8) is 0 Å². The fourth-order valence-electron chi connectivity index (χ4n) is 1.68. The molecule has 0 fully saturated rings. The number of aromatic nitrogens is 2. The predicted molar refractivity (Wildman–Crippen MR) is 81.4 cm³/mol. The lowest BCUT2D eigenvalue weighted by Crippen LogP contribution is -2.01. The van der Waals surface area contributed by atoms with Crippen molar-refractivity contribution < 1.29 is 4.74 Å². The SMILES string of the molecule is Cc1ncsc1CCOCCCc1nc(CCl)cs1. The number of rotatable bonds is 8. The highest BCUT2D eigenvalue weighted by Crippen LogP contribution is 2.14. The molecule has 0 saturated heterocycles. The van der Waals surface area contributed by atoms with Gasteiger partial charge >= 0.3 is 0 Å². The van der Waals surface area contributed by atoms with Crippen LogP contribution in [0.15, 0.2) is 10.9 Å². The third-order valence-corrected chi connectivity index (χ3v) is 4.96. The number of aryl methyl sites for hydroxylation is 2. The van der Waals surface area contributed by atoms with Crippen molar-refractivity contribution in [1.82, 2.24) is 9.97 Å². The molecule has 19 heavy (non-hydrogen) atoms. The second-order valence-corrected chi connectivity index (χ2v) is 6.34. The van der Waals surface area contributed by atoms with Crippen LogP contribution in [0.1, 0.15) is 27.7 Å². The van der Waals surface area contributed by atoms with Crippen LogP contribution < -0.4 is 0 Å². The number of thiazole rings is 2. The standard InChI is InChI=1S/C13H17ClN2OS2/c1-10-12(19-9-15-10)4-6-17-5-2-3-13-16-11(7-14)8-18-13/h8-9H,2-7H2,1H3. The number of nitrogens with zero attached hydrogens (tertiary/aromatic N) is 2. The molecule has 6 heteroatoms. The van der Waals surface area contributed by atoms with E-state index in [9.17, 15) is 0 Å². The van der Waals surface area contributed by atoms with Gasteiger partial charge in [0.25, 0.3) is 0 Å². The molecule has 0 atom stereocenters. The molecule has 2 aromatic heterocycles. The maximum Gasteiger partial charge on any atom is 0.0929 e. The van der Waals surface area contributed by atoms with Gasteiger partial charge in [-0.2, -0.15) is 0 Å². The minimum atomic E-state index is 0.501. The molecule has 0 unspecified atom stereocenters. The third kappa shape index (κ3) is 4.84. The molecule has 0 aliphatic rings. The summed E-state index contributed by atoms with van der Waals surface area (Å²) in [5.74, 6) is 0.501. The molecular formula is C13H17ClN2OS2. The van der Waals surface area contributed by atoms with Crippen molar-refractivity contribution >= 4 is 34.3 Å². The Morgan fingerprint density at radius 3 is 2.84 bits per heavy atom. The average Bonchev–Trinajstić information content (AvgIpc) is 3.03. The van der Waals surface area contributed by atoms with E-state index in [4.69, 9.17) is 16.3 Å². The Kier molecular flexibility index (Phi) is 6.23. The summed E-state index contributed by atoms with van der Waals surface area (Å²) in [5, 5.41) is 3.17. The molecule has 2 heterocycles. The fourth-order valence-corrected chi connectivity index (χ4v) is 3.51. The lowest BCUT2D eigenvalue weighted by atomic mass is 10.3. The van der Waals surface area contributed by atoms with Crippen molar-refractivity contribution in [2.75, 3.05) is 13.2 Å². The molecule has 0 spiro atoms. The van der Waals surface area contributed by atoms with Crippen LogP contribution in [-0.4, -0.2) is 23.2 Å². The van der Waals surface area contributed by atoms with Crippen LogP contribution in [0.3, 0.4) is 0 Å². The topological polar surface area (TPSA) is 35.0 Å². The van der Waals surface area contributed by atoms with E-state index in [1.54, 1.807) is 22.7 Å². The number of hydrogen-bond donors (Lipinski definition) is 0. The van der Waals surface area contributed by atoms with E-state index < -0.39 is 0 Å². The Morgan fingerprint density at radius 1 is 1.26 bits per heavy atom. The molecule has 0 saturated carbocycles. The molecule has 104 valence electrons. The largest absolute Gasteiger partial charge is 0.381 e. The van der Waals surface area contributed by atoms with Crippen molar-refractivity contribution in [2.24, 2.45) is 0 Å². The second kappa shape index (κ2) is 7.94. The predicted octanol–water partition coefficient (Wildman–Crippen LogP) is 3.84. The Bertz CT molecular complexity index is 498. The van der Waals surface area contributed by atoms with Gasteiger partial charge in [-0.05, 0) is 13.3 Å². The molecule has 0 aliphatic heterocycles. The molecular weight excluding hydrogens is 300 g/mol. The summed E-state index contributed by atoms with van der Waals surface area (Å²) in [4.78, 5) is 9.98. The Labute approximate surface area is 126 Å². The normalized spacial score (nSPS) is 11.1. The van der Waals surface area contributed by atoms with Crippen LogP contribution in [0.4, 0.5) is 0 Å². The maximum absolute atomic E-state index is 5.72. The lowest BCUT2D eigenvalue weighted by Gasteiger charge is -2.02. The molecule has 2 aromatic rings. The van der Waals surface area contributed by atoms with Crippen molar-refractivity contribution in [3.8, 4) is 0 Å². The van der Waals surface area contributed by atoms with Crippen LogP contribution in [0.2, 0.25) is 0 Å². The van der Waals surface area contributed by atoms with Gasteiger partial charge in [0.1, 0.15) is 0 Å². The van der Waals surface area contributed by atoms with E-state index in [-0.39, 0.29) is 0 Å². The van der Waals surface area contributed by atoms with E-state index >= 15 is 0 Å². The Balaban J connectivity index is 1.56. The lowest BCUT2D eigenvalue weighted by molar-refractivity contribution is 0.135. The summed E-state index contributed by atoms with van der Waals surface area (Å²) < 4.78 is 5.65. The van der Waals surface area contributed by atoms with Crippen molar-refractivity contribution in [2.45, 2.75) is 32.1 Å². The molecule has 2 rings (SSSR count). The van der Waals surface area contributed by atoms with Gasteiger partial charge in [-0.3, -0.25) is 0 Å². The van der Waals surface area contributed by atoms with Crippen LogP contribution in [0, 0.1) is 6.92 Å². The van der Waals surface area contributed by atoms with E-state index in [2.05, 4.69) is 9.97 Å². The van der Waals surface area contributed by atoms with Gasteiger partial charge in [0.2, 0.25) is 0 Å². The van der Waals surface area contributed by atoms with Crippen LogP contribution in [-0.2, 0) is 23.5 Å². The number of hydrogen-bond acceptors (Lipinski definition) is 5. The Morgan fingerprint density at radius 2 is 2.16 bits per heavy atom. The van der Waals surface area contributed by atoms with Gasteiger partial charge in [-0.15, -0.1) is 34.3 Å². The van der Waals surface area contributed by atoms with Crippen LogP contribution in [0.25, 0.3) is 0 Å².